The van der Waals surface area contributed by atoms with E-state index in [1.807, 2.05) is 11.0 Å². The molecule has 1 amide bonds. The van der Waals surface area contributed by atoms with E-state index in [1.165, 1.54) is 11.6 Å². The topological polar surface area (TPSA) is 35.6 Å². The van der Waals surface area contributed by atoms with Gasteiger partial charge in [0, 0.05) is 38.1 Å². The number of hydrogen-bond acceptors (Lipinski definition) is 3. The average Bonchev–Trinajstić information content (AvgIpc) is 3.46. The molecule has 1 saturated heterocycles. The molecule has 158 valence electrons. The first-order valence-corrected chi connectivity index (χ1v) is 9.66. The van der Waals surface area contributed by atoms with Gasteiger partial charge in [-0.05, 0) is 42.3 Å². The van der Waals surface area contributed by atoms with Crippen LogP contribution in [0.2, 0.25) is 0 Å². The molecule has 4 rings (SSSR count). The number of carbonyl (C=O) groups excluding carboxylic acids is 1. The zero-order valence-corrected chi connectivity index (χ0v) is 18.1. The normalized spacial score (nSPS) is 21.1. The molecule has 1 aliphatic heterocycles. The van der Waals surface area contributed by atoms with Crippen molar-refractivity contribution in [2.24, 2.45) is 0 Å². The Morgan fingerprint density at radius 2 is 1.72 bits per heavy atom. The lowest BCUT2D eigenvalue weighted by Gasteiger charge is -2.32. The van der Waals surface area contributed by atoms with Gasteiger partial charge in [-0.2, -0.15) is 0 Å². The summed E-state index contributed by atoms with van der Waals surface area (Å²) in [5.74, 6) is 0.454. The number of halogens is 3. The Morgan fingerprint density at radius 3 is 2.38 bits per heavy atom. The third-order valence-electron chi connectivity index (χ3n) is 5.66. The molecule has 4 nitrogen and oxygen atoms in total. The minimum absolute atomic E-state index is 0. The smallest absolute Gasteiger partial charge is 0.236 e. The fourth-order valence-electron chi connectivity index (χ4n) is 3.77. The van der Waals surface area contributed by atoms with Crippen LogP contribution in [-0.2, 0) is 4.79 Å². The lowest BCUT2D eigenvalue weighted by atomic mass is 10.0. The van der Waals surface area contributed by atoms with Gasteiger partial charge in [0.2, 0.25) is 5.91 Å². The second kappa shape index (κ2) is 10.4. The third kappa shape index (κ3) is 5.92. The highest BCUT2D eigenvalue weighted by Gasteiger charge is 2.38. The summed E-state index contributed by atoms with van der Waals surface area (Å²) < 4.78 is 13.4. The van der Waals surface area contributed by atoms with Crippen LogP contribution >= 0.6 is 24.8 Å². The highest BCUT2D eigenvalue weighted by atomic mass is 35.5. The van der Waals surface area contributed by atoms with Crippen molar-refractivity contribution in [3.63, 3.8) is 0 Å². The summed E-state index contributed by atoms with van der Waals surface area (Å²) in [6.07, 6.45) is 1.06. The van der Waals surface area contributed by atoms with Crippen molar-refractivity contribution >= 4 is 30.7 Å². The Kier molecular flexibility index (Phi) is 8.46. The number of likely N-dealkylation sites (N-methyl/N-ethyl adjacent to an activating group) is 1. The predicted octanol–water partition coefficient (Wildman–Crippen LogP) is 3.56. The van der Waals surface area contributed by atoms with Crippen LogP contribution in [-0.4, -0.2) is 61.5 Å². The quantitative estimate of drug-likeness (QED) is 0.773. The molecule has 2 aliphatic rings. The molecule has 2 aromatic rings. The van der Waals surface area contributed by atoms with Crippen LogP contribution in [0.5, 0.6) is 0 Å². The SMILES string of the molecule is CN1CCN(C(=O)CN[C@@H]2C[C@H]2c2ccc(-c3cccc(F)c3)cc2)CC1.Cl.Cl. The Labute approximate surface area is 184 Å². The van der Waals surface area contributed by atoms with Gasteiger partial charge in [-0.3, -0.25) is 4.79 Å². The Balaban J connectivity index is 0.00000150. The second-order valence-corrected chi connectivity index (χ2v) is 7.65. The fraction of sp³-hybridized carbons (Fsp3) is 0.409. The first-order chi connectivity index (χ1) is 13.1. The van der Waals surface area contributed by atoms with Crippen molar-refractivity contribution in [2.75, 3.05) is 39.8 Å². The minimum Gasteiger partial charge on any atom is -0.339 e. The van der Waals surface area contributed by atoms with Gasteiger partial charge >= 0.3 is 0 Å². The molecule has 1 heterocycles. The number of hydrogen-bond donors (Lipinski definition) is 1. The number of nitrogens with one attached hydrogen (secondary N) is 1. The Morgan fingerprint density at radius 1 is 1.03 bits per heavy atom. The van der Waals surface area contributed by atoms with Gasteiger partial charge in [0.1, 0.15) is 5.82 Å². The first-order valence-electron chi connectivity index (χ1n) is 9.66. The maximum atomic E-state index is 13.4. The fourth-order valence-corrected chi connectivity index (χ4v) is 3.77. The first kappa shape index (κ1) is 23.6. The molecular formula is C22H28Cl2FN3O. The molecule has 0 spiro atoms. The average molecular weight is 440 g/mol. The van der Waals surface area contributed by atoms with Crippen molar-refractivity contribution in [1.82, 2.24) is 15.1 Å². The molecule has 0 radical (unpaired) electrons. The lowest BCUT2D eigenvalue weighted by Crippen LogP contribution is -2.49. The van der Waals surface area contributed by atoms with Crippen LogP contribution in [0.3, 0.4) is 0 Å². The van der Waals surface area contributed by atoms with Crippen molar-refractivity contribution in [1.29, 1.82) is 0 Å². The number of nitrogens with zero attached hydrogens (tertiary/aromatic N) is 2. The van der Waals surface area contributed by atoms with Crippen LogP contribution in [0.15, 0.2) is 48.5 Å². The van der Waals surface area contributed by atoms with Gasteiger partial charge < -0.3 is 15.1 Å². The summed E-state index contributed by atoms with van der Waals surface area (Å²) in [6.45, 7) is 3.98. The van der Waals surface area contributed by atoms with Crippen molar-refractivity contribution in [2.45, 2.75) is 18.4 Å². The summed E-state index contributed by atoms with van der Waals surface area (Å²) in [4.78, 5) is 16.5. The van der Waals surface area contributed by atoms with E-state index in [4.69, 9.17) is 0 Å². The zero-order valence-electron chi connectivity index (χ0n) is 16.5. The van der Waals surface area contributed by atoms with E-state index in [0.29, 0.717) is 18.5 Å². The van der Waals surface area contributed by atoms with Crippen molar-refractivity contribution in [3.8, 4) is 11.1 Å². The van der Waals surface area contributed by atoms with E-state index in [2.05, 4.69) is 41.5 Å². The maximum absolute atomic E-state index is 13.4. The summed E-state index contributed by atoms with van der Waals surface area (Å²) in [5, 5.41) is 3.41. The summed E-state index contributed by atoms with van der Waals surface area (Å²) in [5.41, 5.74) is 3.19. The summed E-state index contributed by atoms with van der Waals surface area (Å²) >= 11 is 0. The van der Waals surface area contributed by atoms with E-state index in [-0.39, 0.29) is 36.5 Å². The number of piperazine rings is 1. The number of carbonyl (C=O) groups is 1. The van der Waals surface area contributed by atoms with E-state index < -0.39 is 0 Å². The molecule has 29 heavy (non-hydrogen) atoms. The molecule has 0 bridgehead atoms. The third-order valence-corrected chi connectivity index (χ3v) is 5.66. The van der Waals surface area contributed by atoms with Crippen LogP contribution in [0.25, 0.3) is 11.1 Å². The molecule has 2 aromatic carbocycles. The van der Waals surface area contributed by atoms with E-state index in [9.17, 15) is 9.18 Å². The summed E-state index contributed by atoms with van der Waals surface area (Å²) in [7, 11) is 2.09. The highest BCUT2D eigenvalue weighted by Crippen LogP contribution is 2.41. The van der Waals surface area contributed by atoms with E-state index in [0.717, 1.165) is 43.7 Å². The van der Waals surface area contributed by atoms with Gasteiger partial charge in [-0.1, -0.05) is 36.4 Å². The molecule has 2 fully saturated rings. The van der Waals surface area contributed by atoms with Crippen molar-refractivity contribution in [3.05, 3.63) is 59.9 Å². The molecule has 2 atom stereocenters. The van der Waals surface area contributed by atoms with Gasteiger partial charge in [-0.25, -0.2) is 4.39 Å². The Hall–Kier alpha value is -1.66. The van der Waals surface area contributed by atoms with Gasteiger partial charge in [0.25, 0.3) is 0 Å². The van der Waals surface area contributed by atoms with Crippen LogP contribution in [0.1, 0.15) is 17.9 Å². The van der Waals surface area contributed by atoms with Crippen molar-refractivity contribution < 1.29 is 9.18 Å². The molecule has 7 heteroatoms. The largest absolute Gasteiger partial charge is 0.339 e. The molecule has 0 unspecified atom stereocenters. The van der Waals surface area contributed by atoms with Crippen LogP contribution < -0.4 is 5.32 Å². The summed E-state index contributed by atoms with van der Waals surface area (Å²) in [6, 6.07) is 15.4. The molecule has 1 N–H and O–H groups in total. The minimum atomic E-state index is -0.215. The van der Waals surface area contributed by atoms with Gasteiger partial charge in [0.15, 0.2) is 0 Å². The molecule has 0 aromatic heterocycles. The standard InChI is InChI=1S/C22H26FN3O.2ClH/c1-25-9-11-26(12-10-25)22(27)15-24-21-14-20(21)17-7-5-16(6-8-17)18-3-2-4-19(23)13-18;;/h2-8,13,20-21,24H,9-12,14-15H2,1H3;2*1H/t20-,21+;;/m0../s1. The molecular weight excluding hydrogens is 412 g/mol. The Bertz CT molecular complexity index is 810. The second-order valence-electron chi connectivity index (χ2n) is 7.65. The van der Waals surface area contributed by atoms with Crippen LogP contribution in [0, 0.1) is 5.82 Å². The number of rotatable bonds is 5. The monoisotopic (exact) mass is 439 g/mol. The maximum Gasteiger partial charge on any atom is 0.236 e. The number of benzene rings is 2. The predicted molar refractivity (Wildman–Crippen MR) is 120 cm³/mol. The van der Waals surface area contributed by atoms with E-state index >= 15 is 0 Å². The number of amides is 1. The van der Waals surface area contributed by atoms with Gasteiger partial charge in [-0.15, -0.1) is 24.8 Å². The zero-order chi connectivity index (χ0) is 18.8. The molecule has 1 saturated carbocycles. The van der Waals surface area contributed by atoms with Gasteiger partial charge in [0.05, 0.1) is 6.54 Å². The van der Waals surface area contributed by atoms with Crippen LogP contribution in [0.4, 0.5) is 4.39 Å². The highest BCUT2D eigenvalue weighted by molar-refractivity contribution is 5.85. The van der Waals surface area contributed by atoms with E-state index in [1.54, 1.807) is 12.1 Å². The molecule has 1 aliphatic carbocycles. The lowest BCUT2D eigenvalue weighted by molar-refractivity contribution is -0.131.